The van der Waals surface area contributed by atoms with Crippen molar-refractivity contribution in [3.05, 3.63) is 36.2 Å². The lowest BCUT2D eigenvalue weighted by Crippen LogP contribution is -2.24. The minimum Gasteiger partial charge on any atom is -0.262 e. The smallest absolute Gasteiger partial charge is 0.262 e. The highest BCUT2D eigenvalue weighted by atomic mass is 32.2. The Morgan fingerprint density at radius 3 is 2.70 bits per heavy atom. The Morgan fingerprint density at radius 2 is 2.00 bits per heavy atom. The number of anilines is 1. The van der Waals surface area contributed by atoms with Crippen LogP contribution in [0.25, 0.3) is 0 Å². The highest BCUT2D eigenvalue weighted by molar-refractivity contribution is 7.92. The van der Waals surface area contributed by atoms with Crippen molar-refractivity contribution in [2.75, 3.05) is 4.72 Å². The van der Waals surface area contributed by atoms with E-state index in [1.807, 2.05) is 12.1 Å². The van der Waals surface area contributed by atoms with Gasteiger partial charge in [0.15, 0.2) is 5.03 Å². The number of pyridine rings is 1. The predicted octanol–water partition coefficient (Wildman–Crippen LogP) is 2.76. The molecule has 2 aliphatic rings. The third kappa shape index (κ3) is 3.10. The lowest BCUT2D eigenvalue weighted by Gasteiger charge is -2.25. The van der Waals surface area contributed by atoms with Gasteiger partial charge in [0.1, 0.15) is 5.82 Å². The van der Waals surface area contributed by atoms with E-state index in [1.165, 1.54) is 6.42 Å². The van der Waals surface area contributed by atoms with Gasteiger partial charge in [-0.25, -0.2) is 4.98 Å². The molecule has 7 heteroatoms. The highest BCUT2D eigenvalue weighted by Gasteiger charge is 2.27. The van der Waals surface area contributed by atoms with Crippen LogP contribution in [-0.4, -0.2) is 23.2 Å². The highest BCUT2D eigenvalue weighted by Crippen LogP contribution is 2.39. The molecule has 2 saturated carbocycles. The van der Waals surface area contributed by atoms with E-state index in [-0.39, 0.29) is 5.03 Å². The van der Waals surface area contributed by atoms with E-state index in [1.54, 1.807) is 23.0 Å². The zero-order chi connectivity index (χ0) is 15.9. The number of hydrogen-bond acceptors (Lipinski definition) is 4. The van der Waals surface area contributed by atoms with Crippen LogP contribution < -0.4 is 4.72 Å². The largest absolute Gasteiger partial charge is 0.280 e. The molecule has 23 heavy (non-hydrogen) atoms. The predicted molar refractivity (Wildman–Crippen MR) is 86.6 cm³/mol. The van der Waals surface area contributed by atoms with Gasteiger partial charge in [0, 0.05) is 18.2 Å². The first-order chi connectivity index (χ1) is 11.1. The lowest BCUT2D eigenvalue weighted by molar-refractivity contribution is 0.258. The summed E-state index contributed by atoms with van der Waals surface area (Å²) in [4.78, 5) is 4.43. The third-order valence-electron chi connectivity index (χ3n) is 4.61. The average molecular weight is 332 g/mol. The number of sulfonamides is 1. The molecule has 2 aromatic rings. The Bertz CT molecular complexity index is 807. The Balaban J connectivity index is 1.55. The van der Waals surface area contributed by atoms with Crippen molar-refractivity contribution in [1.82, 2.24) is 14.8 Å². The Morgan fingerprint density at radius 1 is 1.17 bits per heavy atom. The van der Waals surface area contributed by atoms with E-state index in [2.05, 4.69) is 14.8 Å². The van der Waals surface area contributed by atoms with Gasteiger partial charge in [-0.05, 0) is 49.8 Å². The second-order valence-electron chi connectivity index (χ2n) is 6.48. The van der Waals surface area contributed by atoms with E-state index in [9.17, 15) is 8.42 Å². The minimum absolute atomic E-state index is 0.211. The number of nitrogens with zero attached hydrogens (tertiary/aromatic N) is 3. The summed E-state index contributed by atoms with van der Waals surface area (Å²) in [6.07, 6.45) is 7.34. The van der Waals surface area contributed by atoms with Crippen LogP contribution in [0.3, 0.4) is 0 Å². The molecule has 0 aliphatic heterocycles. The molecule has 0 unspecified atom stereocenters. The van der Waals surface area contributed by atoms with Gasteiger partial charge in [-0.1, -0.05) is 12.5 Å². The molecule has 6 nitrogen and oxygen atoms in total. The van der Waals surface area contributed by atoms with Crippen molar-refractivity contribution in [3.8, 4) is 0 Å². The molecule has 2 fully saturated rings. The molecule has 4 rings (SSSR count). The van der Waals surface area contributed by atoms with Crippen molar-refractivity contribution in [2.45, 2.75) is 49.6 Å². The van der Waals surface area contributed by atoms with Gasteiger partial charge in [0.2, 0.25) is 0 Å². The van der Waals surface area contributed by atoms with E-state index >= 15 is 0 Å². The zero-order valence-electron chi connectivity index (χ0n) is 12.9. The van der Waals surface area contributed by atoms with Crippen molar-refractivity contribution < 1.29 is 8.42 Å². The van der Waals surface area contributed by atoms with E-state index in [0.717, 1.165) is 31.4 Å². The first-order valence-electron chi connectivity index (χ1n) is 8.13. The number of hydrogen-bond donors (Lipinski definition) is 1. The Labute approximate surface area is 136 Å². The second kappa shape index (κ2) is 5.63. The van der Waals surface area contributed by atoms with Crippen molar-refractivity contribution in [3.63, 3.8) is 0 Å². The number of nitrogens with one attached hydrogen (secondary N) is 1. The fourth-order valence-corrected chi connectivity index (χ4v) is 4.04. The zero-order valence-corrected chi connectivity index (χ0v) is 13.7. The summed E-state index contributed by atoms with van der Waals surface area (Å²) >= 11 is 0. The monoisotopic (exact) mass is 332 g/mol. The van der Waals surface area contributed by atoms with Crippen LogP contribution in [-0.2, 0) is 16.6 Å². The van der Waals surface area contributed by atoms with Gasteiger partial charge in [-0.15, -0.1) is 0 Å². The van der Waals surface area contributed by atoms with Crippen LogP contribution in [0, 0.1) is 5.92 Å². The van der Waals surface area contributed by atoms with Gasteiger partial charge in [-0.2, -0.15) is 13.5 Å². The topological polar surface area (TPSA) is 76.9 Å². The molecular formula is C16H20N4O2S. The molecule has 0 spiro atoms. The summed E-state index contributed by atoms with van der Waals surface area (Å²) in [5, 5.41) is 4.39. The quantitative estimate of drug-likeness (QED) is 0.882. The number of rotatable bonds is 6. The molecule has 0 amide bonds. The van der Waals surface area contributed by atoms with Crippen LogP contribution in [0.2, 0.25) is 0 Å². The van der Waals surface area contributed by atoms with Crippen LogP contribution in [0.15, 0.2) is 35.5 Å². The molecule has 2 aliphatic carbocycles. The second-order valence-corrected chi connectivity index (χ2v) is 8.11. The number of aromatic nitrogens is 3. The normalized spacial score (nSPS) is 18.6. The summed E-state index contributed by atoms with van der Waals surface area (Å²) in [6, 6.07) is 7.04. The molecule has 2 heterocycles. The molecule has 0 atom stereocenters. The van der Waals surface area contributed by atoms with Gasteiger partial charge in [0.25, 0.3) is 10.0 Å². The van der Waals surface area contributed by atoms with Crippen LogP contribution >= 0.6 is 0 Å². The molecule has 2 aromatic heterocycles. The van der Waals surface area contributed by atoms with Crippen LogP contribution in [0.1, 0.15) is 43.7 Å². The fraction of sp³-hybridized carbons (Fsp3) is 0.500. The standard InChI is InChI=1S/C16H20N4O2S/c21-23(22,16-9-10-17-20(16)11-12-3-1-4-12)19-15-6-2-5-14(18-15)13-7-8-13/h2,5-6,9-10,12-13H,1,3-4,7-8,11H2,(H,18,19). The van der Waals surface area contributed by atoms with Gasteiger partial charge < -0.3 is 0 Å². The van der Waals surface area contributed by atoms with Crippen molar-refractivity contribution in [1.29, 1.82) is 0 Å². The lowest BCUT2D eigenvalue weighted by atomic mass is 9.85. The van der Waals surface area contributed by atoms with Crippen LogP contribution in [0.4, 0.5) is 5.82 Å². The van der Waals surface area contributed by atoms with Gasteiger partial charge in [-0.3, -0.25) is 9.40 Å². The molecule has 1 N–H and O–H groups in total. The van der Waals surface area contributed by atoms with Crippen LogP contribution in [0.5, 0.6) is 0 Å². The minimum atomic E-state index is -3.66. The molecule has 0 aromatic carbocycles. The maximum Gasteiger partial charge on any atom is 0.280 e. The van der Waals surface area contributed by atoms with E-state index < -0.39 is 10.0 Å². The summed E-state index contributed by atoms with van der Waals surface area (Å²) in [7, 11) is -3.66. The summed E-state index contributed by atoms with van der Waals surface area (Å²) in [5.74, 6) is 1.41. The van der Waals surface area contributed by atoms with Crippen molar-refractivity contribution in [2.24, 2.45) is 5.92 Å². The average Bonchev–Trinajstić information content (AvgIpc) is 3.21. The Hall–Kier alpha value is -1.89. The maximum atomic E-state index is 12.7. The Kier molecular flexibility index (Phi) is 3.60. The molecule has 0 radical (unpaired) electrons. The molecule has 122 valence electrons. The first kappa shape index (κ1) is 14.7. The third-order valence-corrected chi connectivity index (χ3v) is 5.99. The molecular weight excluding hydrogens is 312 g/mol. The SMILES string of the molecule is O=S(=O)(Nc1cccc(C2CC2)n1)c1ccnn1CC1CCC1. The van der Waals surface area contributed by atoms with Gasteiger partial charge >= 0.3 is 0 Å². The van der Waals surface area contributed by atoms with Gasteiger partial charge in [0.05, 0.1) is 6.20 Å². The van der Waals surface area contributed by atoms with E-state index in [4.69, 9.17) is 0 Å². The summed E-state index contributed by atoms with van der Waals surface area (Å²) in [6.45, 7) is 0.665. The van der Waals surface area contributed by atoms with E-state index in [0.29, 0.717) is 24.2 Å². The first-order valence-corrected chi connectivity index (χ1v) is 9.62. The fourth-order valence-electron chi connectivity index (χ4n) is 2.91. The summed E-state index contributed by atoms with van der Waals surface area (Å²) < 4.78 is 29.5. The van der Waals surface area contributed by atoms with Crippen molar-refractivity contribution >= 4 is 15.8 Å². The molecule has 0 bridgehead atoms. The summed E-state index contributed by atoms with van der Waals surface area (Å²) in [5.41, 5.74) is 0.966. The maximum absolute atomic E-state index is 12.7. The molecule has 0 saturated heterocycles.